The molecule has 7 nitrogen and oxygen atoms in total. The van der Waals surface area contributed by atoms with Crippen LogP contribution in [-0.4, -0.2) is 44.9 Å². The fourth-order valence-corrected chi connectivity index (χ4v) is 3.14. The van der Waals surface area contributed by atoms with E-state index in [-0.39, 0.29) is 18.7 Å². The number of anilines is 2. The van der Waals surface area contributed by atoms with E-state index in [1.165, 1.54) is 6.20 Å². The van der Waals surface area contributed by atoms with E-state index >= 15 is 0 Å². The second-order valence-electron chi connectivity index (χ2n) is 7.04. The van der Waals surface area contributed by atoms with Crippen molar-refractivity contribution in [2.75, 3.05) is 17.2 Å². The zero-order valence-corrected chi connectivity index (χ0v) is 15.9. The number of nitrogens with zero attached hydrogens (tertiary/aromatic N) is 4. The van der Waals surface area contributed by atoms with Crippen LogP contribution in [0.5, 0.6) is 0 Å². The first-order chi connectivity index (χ1) is 13.6. The van der Waals surface area contributed by atoms with E-state index in [9.17, 15) is 9.50 Å². The quantitative estimate of drug-likeness (QED) is 0.672. The van der Waals surface area contributed by atoms with Gasteiger partial charge in [0, 0.05) is 25.0 Å². The topological polar surface area (TPSA) is 107 Å². The van der Waals surface area contributed by atoms with Crippen LogP contribution in [0.3, 0.4) is 0 Å². The van der Waals surface area contributed by atoms with Crippen molar-refractivity contribution < 1.29 is 9.50 Å². The molecule has 0 bridgehead atoms. The van der Waals surface area contributed by atoms with Crippen LogP contribution in [0, 0.1) is 11.3 Å². The summed E-state index contributed by atoms with van der Waals surface area (Å²) in [6.45, 7) is 1.94. The van der Waals surface area contributed by atoms with Crippen molar-refractivity contribution in [1.29, 1.82) is 5.26 Å². The Morgan fingerprint density at radius 3 is 2.68 bits per heavy atom. The maximum atomic E-state index is 13.5. The number of aliphatic hydroxyl groups excluding tert-OH is 1. The lowest BCUT2D eigenvalue weighted by molar-refractivity contribution is 0.126. The van der Waals surface area contributed by atoms with Crippen LogP contribution in [0.2, 0.25) is 0 Å². The normalized spacial score (nSPS) is 20.2. The zero-order valence-electron chi connectivity index (χ0n) is 15.9. The molecule has 0 spiro atoms. The number of rotatable bonds is 7. The van der Waals surface area contributed by atoms with Gasteiger partial charge in [-0.1, -0.05) is 6.92 Å². The highest BCUT2D eigenvalue weighted by molar-refractivity contribution is 5.73. The van der Waals surface area contributed by atoms with Gasteiger partial charge in [0.25, 0.3) is 0 Å². The fraction of sp³-hybridized carbons (Fsp3) is 0.500. The Kier molecular flexibility index (Phi) is 6.71. The summed E-state index contributed by atoms with van der Waals surface area (Å²) in [5.74, 6) is 0.967. The third-order valence-corrected chi connectivity index (χ3v) is 4.92. The number of alkyl halides is 1. The Morgan fingerprint density at radius 2 is 2.04 bits per heavy atom. The molecule has 0 radical (unpaired) electrons. The maximum Gasteiger partial charge on any atom is 0.224 e. The summed E-state index contributed by atoms with van der Waals surface area (Å²) in [5, 5.41) is 25.1. The molecule has 0 aliphatic heterocycles. The molecule has 8 heteroatoms. The summed E-state index contributed by atoms with van der Waals surface area (Å²) in [7, 11) is 0. The van der Waals surface area contributed by atoms with E-state index in [2.05, 4.69) is 31.7 Å². The number of aliphatic hydroxyl groups is 1. The zero-order chi connectivity index (χ0) is 19.9. The number of pyridine rings is 1. The van der Waals surface area contributed by atoms with Crippen LogP contribution in [0.4, 0.5) is 16.2 Å². The third-order valence-electron chi connectivity index (χ3n) is 4.92. The summed E-state index contributed by atoms with van der Waals surface area (Å²) in [4.78, 5) is 13.2. The molecular formula is C20H25FN6O. The molecule has 0 unspecified atom stereocenters. The van der Waals surface area contributed by atoms with E-state index in [0.29, 0.717) is 35.0 Å². The maximum absolute atomic E-state index is 13.5. The van der Waals surface area contributed by atoms with Crippen LogP contribution < -0.4 is 10.6 Å². The van der Waals surface area contributed by atoms with Crippen LogP contribution >= 0.6 is 0 Å². The lowest BCUT2D eigenvalue weighted by atomic mass is 9.93. The van der Waals surface area contributed by atoms with Gasteiger partial charge in [0.2, 0.25) is 5.95 Å². The van der Waals surface area contributed by atoms with Gasteiger partial charge in [0.05, 0.1) is 22.9 Å². The molecule has 1 aliphatic carbocycles. The van der Waals surface area contributed by atoms with Crippen LogP contribution in [0.1, 0.15) is 44.6 Å². The van der Waals surface area contributed by atoms with Crippen molar-refractivity contribution in [3.63, 3.8) is 0 Å². The van der Waals surface area contributed by atoms with Crippen molar-refractivity contribution in [3.8, 4) is 17.3 Å². The monoisotopic (exact) mass is 384 g/mol. The highest BCUT2D eigenvalue weighted by Gasteiger charge is 2.21. The van der Waals surface area contributed by atoms with Crippen molar-refractivity contribution in [1.82, 2.24) is 15.0 Å². The number of nitrogens with one attached hydrogen (secondary N) is 2. The van der Waals surface area contributed by atoms with E-state index < -0.39 is 6.17 Å². The van der Waals surface area contributed by atoms with Crippen molar-refractivity contribution >= 4 is 11.8 Å². The molecule has 1 atom stereocenters. The van der Waals surface area contributed by atoms with E-state index in [1.54, 1.807) is 25.3 Å². The summed E-state index contributed by atoms with van der Waals surface area (Å²) < 4.78 is 13.5. The molecule has 0 amide bonds. The lowest BCUT2D eigenvalue weighted by Crippen LogP contribution is -2.29. The summed E-state index contributed by atoms with van der Waals surface area (Å²) in [6, 6.07) is 5.70. The van der Waals surface area contributed by atoms with Crippen LogP contribution in [-0.2, 0) is 0 Å². The van der Waals surface area contributed by atoms with Gasteiger partial charge in [-0.3, -0.25) is 4.98 Å². The average molecular weight is 384 g/mol. The Hall–Kier alpha value is -2.79. The van der Waals surface area contributed by atoms with Crippen molar-refractivity contribution in [2.45, 2.75) is 57.3 Å². The minimum Gasteiger partial charge on any atom is -0.393 e. The standard InChI is InChI=1S/C20H25FN6O/c1-2-14(21)11-24-20-25-12-17(18-8-3-13(9-22)10-23-18)19(27-20)26-15-4-6-16(28)7-5-15/h3,8,10,12,14-16,28H,2,4-7,11H2,1H3,(H2,24,25,26,27)/t14-,15-,16-/m0/s1. The van der Waals surface area contributed by atoms with Gasteiger partial charge in [-0.15, -0.1) is 0 Å². The summed E-state index contributed by atoms with van der Waals surface area (Å²) in [6.07, 6.45) is 5.58. The minimum atomic E-state index is -0.959. The second-order valence-corrected chi connectivity index (χ2v) is 7.04. The third kappa shape index (κ3) is 5.14. The number of nitriles is 1. The molecule has 2 aromatic rings. The summed E-state index contributed by atoms with van der Waals surface area (Å²) >= 11 is 0. The first kappa shape index (κ1) is 20.0. The Bertz CT molecular complexity index is 814. The van der Waals surface area contributed by atoms with E-state index in [1.807, 2.05) is 0 Å². The molecule has 148 valence electrons. The van der Waals surface area contributed by atoms with Gasteiger partial charge in [-0.25, -0.2) is 9.37 Å². The second kappa shape index (κ2) is 9.42. The SMILES string of the molecule is CC[C@H](F)CNc1ncc(-c2ccc(C#N)cn2)c(N[C@H]2CC[C@H](O)CC2)n1. The van der Waals surface area contributed by atoms with Gasteiger partial charge in [-0.2, -0.15) is 10.2 Å². The molecule has 1 saturated carbocycles. The van der Waals surface area contributed by atoms with Gasteiger partial charge >= 0.3 is 0 Å². The van der Waals surface area contributed by atoms with Crippen molar-refractivity contribution in [2.24, 2.45) is 0 Å². The number of aromatic nitrogens is 3. The van der Waals surface area contributed by atoms with E-state index in [4.69, 9.17) is 5.26 Å². The molecule has 0 saturated heterocycles. The molecule has 0 aromatic carbocycles. The molecule has 28 heavy (non-hydrogen) atoms. The van der Waals surface area contributed by atoms with Crippen LogP contribution in [0.15, 0.2) is 24.5 Å². The summed E-state index contributed by atoms with van der Waals surface area (Å²) in [5.41, 5.74) is 1.85. The largest absolute Gasteiger partial charge is 0.393 e. The Labute approximate surface area is 164 Å². The molecule has 1 aliphatic rings. The highest BCUT2D eigenvalue weighted by Crippen LogP contribution is 2.29. The lowest BCUT2D eigenvalue weighted by Gasteiger charge is -2.27. The van der Waals surface area contributed by atoms with Gasteiger partial charge < -0.3 is 15.7 Å². The molecular weight excluding hydrogens is 359 g/mol. The van der Waals surface area contributed by atoms with Crippen LogP contribution in [0.25, 0.3) is 11.3 Å². The molecule has 1 fully saturated rings. The molecule has 3 N–H and O–H groups in total. The predicted molar refractivity (Wildman–Crippen MR) is 106 cm³/mol. The molecule has 3 rings (SSSR count). The predicted octanol–water partition coefficient (Wildman–Crippen LogP) is 3.29. The number of hydrogen-bond acceptors (Lipinski definition) is 7. The minimum absolute atomic E-state index is 0.153. The van der Waals surface area contributed by atoms with Crippen molar-refractivity contribution in [3.05, 3.63) is 30.1 Å². The first-order valence-electron chi connectivity index (χ1n) is 9.65. The van der Waals surface area contributed by atoms with Gasteiger partial charge in [-0.05, 0) is 44.2 Å². The van der Waals surface area contributed by atoms with Gasteiger partial charge in [0.15, 0.2) is 0 Å². The number of hydrogen-bond donors (Lipinski definition) is 3. The number of halogens is 1. The van der Waals surface area contributed by atoms with E-state index in [0.717, 1.165) is 25.7 Å². The molecule has 2 heterocycles. The van der Waals surface area contributed by atoms with Gasteiger partial charge in [0.1, 0.15) is 18.1 Å². The first-order valence-corrected chi connectivity index (χ1v) is 9.65. The Morgan fingerprint density at radius 1 is 1.25 bits per heavy atom. The fourth-order valence-electron chi connectivity index (χ4n) is 3.14. The highest BCUT2D eigenvalue weighted by atomic mass is 19.1. The average Bonchev–Trinajstić information content (AvgIpc) is 2.74. The molecule has 2 aromatic heterocycles. The smallest absolute Gasteiger partial charge is 0.224 e. The Balaban J connectivity index is 1.85.